The summed E-state index contributed by atoms with van der Waals surface area (Å²) in [6, 6.07) is 9.42. The van der Waals surface area contributed by atoms with Crippen molar-refractivity contribution in [1.82, 2.24) is 15.1 Å². The van der Waals surface area contributed by atoms with Crippen LogP contribution in [0.15, 0.2) is 34.7 Å². The van der Waals surface area contributed by atoms with Gasteiger partial charge in [-0.3, -0.25) is 9.59 Å². The number of hydrogen-bond acceptors (Lipinski definition) is 6. The second kappa shape index (κ2) is 7.89. The van der Waals surface area contributed by atoms with Gasteiger partial charge in [-0.2, -0.15) is 0 Å². The zero-order valence-corrected chi connectivity index (χ0v) is 13.6. The van der Waals surface area contributed by atoms with Crippen molar-refractivity contribution < 1.29 is 23.8 Å². The highest BCUT2D eigenvalue weighted by Crippen LogP contribution is 2.18. The molecule has 3 rings (SSSR count). The van der Waals surface area contributed by atoms with E-state index in [9.17, 15) is 9.59 Å². The maximum Gasteiger partial charge on any atom is 0.306 e. The number of nitrogens with zero attached hydrogens (tertiary/aromatic N) is 3. The van der Waals surface area contributed by atoms with Gasteiger partial charge in [0.05, 0.1) is 19.1 Å². The molecule has 1 N–H and O–H groups in total. The number of carboxylic acid groups (broad SMARTS) is 1. The molecule has 1 saturated heterocycles. The largest absolute Gasteiger partial charge is 0.481 e. The Kier molecular flexibility index (Phi) is 5.39. The van der Waals surface area contributed by atoms with Crippen LogP contribution in [0.4, 0.5) is 0 Å². The van der Waals surface area contributed by atoms with Crippen molar-refractivity contribution in [2.24, 2.45) is 0 Å². The first kappa shape index (κ1) is 17.1. The Morgan fingerprint density at radius 3 is 2.80 bits per heavy atom. The normalized spacial score (nSPS) is 17.4. The molecule has 1 amide bonds. The quantitative estimate of drug-likeness (QED) is 0.843. The number of benzene rings is 1. The third kappa shape index (κ3) is 4.63. The molecule has 1 aromatic heterocycles. The molecule has 1 aromatic carbocycles. The van der Waals surface area contributed by atoms with Gasteiger partial charge >= 0.3 is 5.97 Å². The number of aromatic nitrogens is 2. The van der Waals surface area contributed by atoms with Gasteiger partial charge < -0.3 is 19.2 Å². The van der Waals surface area contributed by atoms with Crippen LogP contribution in [-0.2, 0) is 20.7 Å². The highest BCUT2D eigenvalue weighted by Gasteiger charge is 2.26. The molecular formula is C17H19N3O5. The summed E-state index contributed by atoms with van der Waals surface area (Å²) in [5.74, 6) is -0.171. The molecule has 25 heavy (non-hydrogen) atoms. The molecule has 0 aliphatic carbocycles. The van der Waals surface area contributed by atoms with Gasteiger partial charge in [0, 0.05) is 31.5 Å². The molecule has 1 fully saturated rings. The summed E-state index contributed by atoms with van der Waals surface area (Å²) in [5, 5.41) is 16.8. The third-order valence-corrected chi connectivity index (χ3v) is 3.93. The summed E-state index contributed by atoms with van der Waals surface area (Å²) < 4.78 is 11.0. The van der Waals surface area contributed by atoms with Crippen molar-refractivity contribution in [2.75, 3.05) is 19.7 Å². The van der Waals surface area contributed by atoms with E-state index >= 15 is 0 Å². The first-order chi connectivity index (χ1) is 12.1. The van der Waals surface area contributed by atoms with Crippen LogP contribution in [0.25, 0.3) is 11.5 Å². The van der Waals surface area contributed by atoms with Gasteiger partial charge in [0.2, 0.25) is 17.7 Å². The number of morpholine rings is 1. The van der Waals surface area contributed by atoms with Crippen LogP contribution < -0.4 is 0 Å². The van der Waals surface area contributed by atoms with E-state index in [2.05, 4.69) is 10.2 Å². The monoisotopic (exact) mass is 345 g/mol. The first-order valence-corrected chi connectivity index (χ1v) is 8.11. The summed E-state index contributed by atoms with van der Waals surface area (Å²) in [4.78, 5) is 24.7. The average Bonchev–Trinajstić information content (AvgIpc) is 3.09. The summed E-state index contributed by atoms with van der Waals surface area (Å²) >= 11 is 0. The van der Waals surface area contributed by atoms with E-state index < -0.39 is 12.1 Å². The van der Waals surface area contributed by atoms with Crippen LogP contribution >= 0.6 is 0 Å². The Labute approximate surface area is 144 Å². The topological polar surface area (TPSA) is 106 Å². The van der Waals surface area contributed by atoms with Gasteiger partial charge in [0.1, 0.15) is 0 Å². The minimum atomic E-state index is -0.932. The predicted octanol–water partition coefficient (Wildman–Crippen LogP) is 1.37. The van der Waals surface area contributed by atoms with Gasteiger partial charge in [-0.05, 0) is 12.1 Å². The second-order valence-electron chi connectivity index (χ2n) is 5.80. The maximum absolute atomic E-state index is 12.3. The Bertz CT molecular complexity index is 731. The second-order valence-corrected chi connectivity index (χ2v) is 5.80. The number of aliphatic carboxylic acids is 1. The zero-order valence-electron chi connectivity index (χ0n) is 13.6. The minimum Gasteiger partial charge on any atom is -0.481 e. The van der Waals surface area contributed by atoms with Crippen LogP contribution in [-0.4, -0.2) is 57.9 Å². The van der Waals surface area contributed by atoms with Gasteiger partial charge in [-0.15, -0.1) is 10.2 Å². The third-order valence-electron chi connectivity index (χ3n) is 3.93. The van der Waals surface area contributed by atoms with E-state index in [0.717, 1.165) is 5.56 Å². The van der Waals surface area contributed by atoms with E-state index in [0.29, 0.717) is 37.9 Å². The van der Waals surface area contributed by atoms with Crippen LogP contribution in [0, 0.1) is 0 Å². The fourth-order valence-electron chi connectivity index (χ4n) is 2.69. The van der Waals surface area contributed by atoms with Crippen molar-refractivity contribution in [3.8, 4) is 11.5 Å². The van der Waals surface area contributed by atoms with Crippen LogP contribution in [0.1, 0.15) is 18.7 Å². The van der Waals surface area contributed by atoms with Crippen molar-refractivity contribution in [3.05, 3.63) is 36.2 Å². The fourth-order valence-corrected chi connectivity index (χ4v) is 2.69. The lowest BCUT2D eigenvalue weighted by Gasteiger charge is -2.32. The van der Waals surface area contributed by atoms with Gasteiger partial charge in [-0.1, -0.05) is 18.2 Å². The van der Waals surface area contributed by atoms with Gasteiger partial charge in [-0.25, -0.2) is 0 Å². The Morgan fingerprint density at radius 1 is 1.24 bits per heavy atom. The highest BCUT2D eigenvalue weighted by molar-refractivity contribution is 5.76. The lowest BCUT2D eigenvalue weighted by Crippen LogP contribution is -2.46. The molecule has 8 heteroatoms. The molecule has 132 valence electrons. The number of amides is 1. The molecule has 1 atom stereocenters. The van der Waals surface area contributed by atoms with E-state index in [4.69, 9.17) is 14.3 Å². The number of ether oxygens (including phenoxy) is 1. The predicted molar refractivity (Wildman–Crippen MR) is 86.6 cm³/mol. The van der Waals surface area contributed by atoms with Crippen LogP contribution in [0.3, 0.4) is 0 Å². The van der Waals surface area contributed by atoms with Crippen LogP contribution in [0.2, 0.25) is 0 Å². The average molecular weight is 345 g/mol. The molecule has 2 heterocycles. The fraction of sp³-hybridized carbons (Fsp3) is 0.412. The molecule has 1 unspecified atom stereocenters. The smallest absolute Gasteiger partial charge is 0.306 e. The van der Waals surface area contributed by atoms with Crippen molar-refractivity contribution in [1.29, 1.82) is 0 Å². The lowest BCUT2D eigenvalue weighted by molar-refractivity contribution is -0.147. The molecule has 0 bridgehead atoms. The van der Waals surface area contributed by atoms with E-state index in [1.165, 1.54) is 0 Å². The molecule has 0 radical (unpaired) electrons. The molecule has 8 nitrogen and oxygen atoms in total. The number of aryl methyl sites for hydroxylation is 1. The lowest BCUT2D eigenvalue weighted by atomic mass is 10.2. The number of carbonyl (C=O) groups excluding carboxylic acids is 1. The summed E-state index contributed by atoms with van der Waals surface area (Å²) in [7, 11) is 0. The van der Waals surface area contributed by atoms with Crippen molar-refractivity contribution in [2.45, 2.75) is 25.4 Å². The number of carbonyl (C=O) groups is 2. The Morgan fingerprint density at radius 2 is 2.04 bits per heavy atom. The van der Waals surface area contributed by atoms with Crippen molar-refractivity contribution >= 4 is 11.9 Å². The molecule has 2 aromatic rings. The van der Waals surface area contributed by atoms with E-state index in [1.807, 2.05) is 30.3 Å². The standard InChI is InChI=1S/C17H19N3O5/c21-15(20-8-9-24-13(11-20)10-16(22)23)7-6-14-18-19-17(25-14)12-4-2-1-3-5-12/h1-5,13H,6-11H2,(H,22,23). The van der Waals surface area contributed by atoms with Crippen LogP contribution in [0.5, 0.6) is 0 Å². The zero-order chi connectivity index (χ0) is 17.6. The molecule has 0 saturated carbocycles. The number of hydrogen-bond donors (Lipinski definition) is 1. The molecular weight excluding hydrogens is 326 g/mol. The van der Waals surface area contributed by atoms with Crippen molar-refractivity contribution in [3.63, 3.8) is 0 Å². The number of rotatable bonds is 6. The molecule has 0 spiro atoms. The minimum absolute atomic E-state index is 0.0712. The van der Waals surface area contributed by atoms with Gasteiger partial charge in [0.25, 0.3) is 0 Å². The summed E-state index contributed by atoms with van der Waals surface area (Å²) in [6.07, 6.45) is 0.0206. The SMILES string of the molecule is O=C(O)CC1CN(C(=O)CCc2nnc(-c3ccccc3)o2)CCO1. The Hall–Kier alpha value is -2.74. The summed E-state index contributed by atoms with van der Waals surface area (Å²) in [5.41, 5.74) is 0.831. The Balaban J connectivity index is 1.52. The molecule has 1 aliphatic rings. The van der Waals surface area contributed by atoms with E-state index in [-0.39, 0.29) is 18.7 Å². The molecule has 1 aliphatic heterocycles. The summed E-state index contributed by atoms with van der Waals surface area (Å²) in [6.45, 7) is 1.11. The number of carboxylic acids is 1. The highest BCUT2D eigenvalue weighted by atomic mass is 16.5. The van der Waals surface area contributed by atoms with E-state index in [1.54, 1.807) is 4.90 Å². The van der Waals surface area contributed by atoms with Gasteiger partial charge in [0.15, 0.2) is 0 Å². The first-order valence-electron chi connectivity index (χ1n) is 8.11. The maximum atomic E-state index is 12.3.